The number of nitrogens with zero attached hydrogens (tertiary/aromatic N) is 4. The molecule has 12 heteroatoms. The third-order valence-electron chi connectivity index (χ3n) is 5.00. The summed E-state index contributed by atoms with van der Waals surface area (Å²) < 4.78 is 45.6. The van der Waals surface area contributed by atoms with Crippen LogP contribution in [0.2, 0.25) is 0 Å². The first-order valence-electron chi connectivity index (χ1n) is 10.5. The Hall–Kier alpha value is -2.83. The van der Waals surface area contributed by atoms with Crippen molar-refractivity contribution in [3.05, 3.63) is 53.9 Å². The monoisotopic (exact) mass is 510 g/mol. The minimum Gasteiger partial charge on any atom is -0.406 e. The van der Waals surface area contributed by atoms with Crippen molar-refractivity contribution in [1.29, 1.82) is 0 Å². The summed E-state index contributed by atoms with van der Waals surface area (Å²) in [4.78, 5) is 4.69. The van der Waals surface area contributed by atoms with Gasteiger partial charge in [-0.15, -0.1) is 13.2 Å². The van der Waals surface area contributed by atoms with E-state index in [-0.39, 0.29) is 24.4 Å². The second-order valence-electron chi connectivity index (χ2n) is 7.45. The maximum Gasteiger partial charge on any atom is 0.573 e. The molecule has 3 rings (SSSR count). The van der Waals surface area contributed by atoms with Crippen LogP contribution in [0.3, 0.4) is 0 Å². The number of hydrogen-bond donors (Lipinski definition) is 2. The van der Waals surface area contributed by atoms with Gasteiger partial charge >= 0.3 is 6.36 Å². The average molecular weight is 511 g/mol. The van der Waals surface area contributed by atoms with Gasteiger partial charge in [-0.25, -0.2) is 0 Å². The van der Waals surface area contributed by atoms with Crippen molar-refractivity contribution in [3.8, 4) is 5.75 Å². The van der Waals surface area contributed by atoms with Crippen molar-refractivity contribution in [3.63, 3.8) is 0 Å². The Bertz CT molecular complexity index is 1020. The fourth-order valence-corrected chi connectivity index (χ4v) is 4.31. The number of thiocarbonyl (C=S) groups is 1. The lowest BCUT2D eigenvalue weighted by Crippen LogP contribution is -2.38. The summed E-state index contributed by atoms with van der Waals surface area (Å²) in [5, 5.41) is 14.7. The van der Waals surface area contributed by atoms with E-state index >= 15 is 0 Å². The molecule has 0 amide bonds. The highest BCUT2D eigenvalue weighted by Crippen LogP contribution is 2.31. The molecule has 1 aromatic heterocycles. The van der Waals surface area contributed by atoms with Crippen molar-refractivity contribution in [2.45, 2.75) is 38.1 Å². The van der Waals surface area contributed by atoms with Crippen molar-refractivity contribution in [2.75, 3.05) is 18.5 Å². The van der Waals surface area contributed by atoms with Gasteiger partial charge in [-0.05, 0) is 72.7 Å². The molecule has 1 fully saturated rings. The predicted octanol–water partition coefficient (Wildman–Crippen LogP) is 5.08. The number of piperidine rings is 1. The molecule has 1 aliphatic rings. The highest BCUT2D eigenvalue weighted by atomic mass is 32.1. The normalized spacial score (nSPS) is 18.8. The topological polar surface area (TPSA) is 74.1 Å². The fraction of sp³-hybridized carbons (Fsp3) is 0.364. The smallest absolute Gasteiger partial charge is 0.406 e. The molecule has 1 saturated heterocycles. The molecule has 1 aliphatic heterocycles. The number of aliphatic imine (C=N–C) groups is 1. The van der Waals surface area contributed by atoms with E-state index in [1.54, 1.807) is 28.7 Å². The number of nitrogens with one attached hydrogen (secondary N) is 2. The van der Waals surface area contributed by atoms with Crippen LogP contribution < -0.4 is 15.4 Å². The number of alkyl halides is 3. The van der Waals surface area contributed by atoms with Crippen LogP contribution in [-0.4, -0.2) is 52.9 Å². The average Bonchev–Trinajstić information content (AvgIpc) is 3.22. The Balaban J connectivity index is 1.66. The number of anilines is 1. The highest BCUT2D eigenvalue weighted by molar-refractivity contribution is 7.79. The molecular weight excluding hydrogens is 485 g/mol. The highest BCUT2D eigenvalue weighted by Gasteiger charge is 2.32. The van der Waals surface area contributed by atoms with Gasteiger partial charge in [-0.3, -0.25) is 15.3 Å². The molecule has 0 saturated carbocycles. The van der Waals surface area contributed by atoms with Gasteiger partial charge in [0.25, 0.3) is 0 Å². The van der Waals surface area contributed by atoms with Crippen molar-refractivity contribution < 1.29 is 17.9 Å². The standard InChI is InChI=1S/C22H25F3N6OS2/c1-15-12-20(34-30-15)27-10-9-17(13-33)28-14-29-21-19(4-3-11-31(21)26-2)16-5-7-18(8-6-16)32-22(23,24)25/h5-10,12-13,17,19,27-28H,2-4,11,14H2,1H3/b10-9+,29-21-. The molecule has 182 valence electrons. The van der Waals surface area contributed by atoms with Gasteiger partial charge in [-0.2, -0.15) is 9.47 Å². The molecular formula is C22H25F3N6OS2. The van der Waals surface area contributed by atoms with E-state index in [0.29, 0.717) is 12.4 Å². The molecule has 2 atom stereocenters. The van der Waals surface area contributed by atoms with Crippen molar-refractivity contribution >= 4 is 46.7 Å². The predicted molar refractivity (Wildman–Crippen MR) is 134 cm³/mol. The third kappa shape index (κ3) is 7.61. The Morgan fingerprint density at radius 1 is 1.38 bits per heavy atom. The lowest BCUT2D eigenvalue weighted by molar-refractivity contribution is -0.274. The van der Waals surface area contributed by atoms with Crippen molar-refractivity contribution in [1.82, 2.24) is 14.7 Å². The Morgan fingerprint density at radius 2 is 2.15 bits per heavy atom. The SMILES string of the molecule is C=NN1CCCC(c2ccc(OC(F)(F)F)cc2)/C1=N/CNC(C=S)/C=C/Nc1cc(C)ns1. The third-order valence-corrected chi connectivity index (χ3v) is 6.10. The van der Waals surface area contributed by atoms with E-state index in [0.717, 1.165) is 29.1 Å². The Morgan fingerprint density at radius 3 is 2.76 bits per heavy atom. The van der Waals surface area contributed by atoms with Crippen LogP contribution in [0, 0.1) is 6.92 Å². The van der Waals surface area contributed by atoms with Crippen LogP contribution in [0.1, 0.15) is 30.0 Å². The summed E-state index contributed by atoms with van der Waals surface area (Å²) in [6.07, 6.45) is 0.593. The zero-order valence-electron chi connectivity index (χ0n) is 18.5. The molecule has 2 aromatic rings. The van der Waals surface area contributed by atoms with Crippen LogP contribution in [0.15, 0.2) is 52.7 Å². The first kappa shape index (κ1) is 25.8. The quantitative estimate of drug-likeness (QED) is 0.343. The molecule has 1 aromatic carbocycles. The number of hydrazone groups is 1. The largest absolute Gasteiger partial charge is 0.573 e. The van der Waals surface area contributed by atoms with Gasteiger partial charge in [0.2, 0.25) is 0 Å². The number of hydrogen-bond acceptors (Lipinski definition) is 8. The summed E-state index contributed by atoms with van der Waals surface area (Å²) in [6.45, 7) is 6.50. The molecule has 7 nitrogen and oxygen atoms in total. The first-order chi connectivity index (χ1) is 16.3. The van der Waals surface area contributed by atoms with Crippen LogP contribution in [0.4, 0.5) is 18.2 Å². The van der Waals surface area contributed by atoms with Crippen LogP contribution in [0.5, 0.6) is 5.75 Å². The lowest BCUT2D eigenvalue weighted by Gasteiger charge is -2.32. The molecule has 2 N–H and O–H groups in total. The van der Waals surface area contributed by atoms with Gasteiger partial charge in [0.1, 0.15) is 16.6 Å². The maximum atomic E-state index is 12.5. The summed E-state index contributed by atoms with van der Waals surface area (Å²) >= 11 is 6.49. The fourth-order valence-electron chi connectivity index (χ4n) is 3.48. The number of amidine groups is 1. The van der Waals surface area contributed by atoms with Gasteiger partial charge < -0.3 is 10.1 Å². The van der Waals surface area contributed by atoms with E-state index in [4.69, 9.17) is 17.2 Å². The van der Waals surface area contributed by atoms with E-state index in [2.05, 4.69) is 31.6 Å². The zero-order valence-corrected chi connectivity index (χ0v) is 20.1. The van der Waals surface area contributed by atoms with E-state index in [9.17, 15) is 13.2 Å². The van der Waals surface area contributed by atoms with Gasteiger partial charge in [0, 0.05) is 19.2 Å². The summed E-state index contributed by atoms with van der Waals surface area (Å²) in [6, 6.07) is 7.61. The minimum absolute atomic E-state index is 0.126. The number of benzene rings is 1. The van der Waals surface area contributed by atoms with E-state index in [1.807, 2.05) is 19.1 Å². The number of aryl methyl sites for hydroxylation is 1. The minimum atomic E-state index is -4.73. The Kier molecular flexibility index (Phi) is 9.13. The van der Waals surface area contributed by atoms with Gasteiger partial charge in [0.05, 0.1) is 18.4 Å². The lowest BCUT2D eigenvalue weighted by atomic mass is 9.90. The molecule has 0 aliphatic carbocycles. The zero-order chi connectivity index (χ0) is 24.6. The molecule has 0 radical (unpaired) electrons. The molecule has 34 heavy (non-hydrogen) atoms. The Labute approximate surface area is 205 Å². The molecule has 0 bridgehead atoms. The number of rotatable bonds is 10. The van der Waals surface area contributed by atoms with Crippen LogP contribution in [0.25, 0.3) is 0 Å². The van der Waals surface area contributed by atoms with Crippen LogP contribution >= 0.6 is 23.8 Å². The van der Waals surface area contributed by atoms with Gasteiger partial charge in [0.15, 0.2) is 0 Å². The molecule has 2 unspecified atom stereocenters. The number of ether oxygens (including phenoxy) is 1. The number of halogens is 3. The second kappa shape index (κ2) is 12.0. The summed E-state index contributed by atoms with van der Waals surface area (Å²) in [5.41, 5.74) is 1.78. The first-order valence-corrected chi connectivity index (χ1v) is 11.7. The van der Waals surface area contributed by atoms with Crippen molar-refractivity contribution in [2.24, 2.45) is 10.1 Å². The molecule has 2 heterocycles. The number of aromatic nitrogens is 1. The molecule has 0 spiro atoms. The maximum absolute atomic E-state index is 12.5. The summed E-state index contributed by atoms with van der Waals surface area (Å²) in [5.74, 6) is 0.311. The van der Waals surface area contributed by atoms with E-state index < -0.39 is 6.36 Å². The second-order valence-corrected chi connectivity index (χ2v) is 8.53. The van der Waals surface area contributed by atoms with E-state index in [1.165, 1.54) is 23.7 Å². The van der Waals surface area contributed by atoms with Crippen LogP contribution in [-0.2, 0) is 0 Å². The summed E-state index contributed by atoms with van der Waals surface area (Å²) in [7, 11) is 0. The van der Waals surface area contributed by atoms with Gasteiger partial charge in [-0.1, -0.05) is 24.4 Å².